The van der Waals surface area contributed by atoms with Crippen LogP contribution in [0.25, 0.3) is 0 Å². The minimum atomic E-state index is -0.574. The van der Waals surface area contributed by atoms with Crippen LogP contribution in [0.5, 0.6) is 0 Å². The van der Waals surface area contributed by atoms with Crippen LogP contribution >= 0.6 is 0 Å². The normalized spacial score (nSPS) is 9.44. The Balaban J connectivity index is 3.17. The van der Waals surface area contributed by atoms with E-state index in [1.54, 1.807) is 0 Å². The van der Waals surface area contributed by atoms with E-state index in [1.165, 1.54) is 6.20 Å². The van der Waals surface area contributed by atoms with Gasteiger partial charge in [-0.2, -0.15) is 0 Å². The van der Waals surface area contributed by atoms with Crippen molar-refractivity contribution in [1.29, 1.82) is 0 Å². The zero-order valence-electron chi connectivity index (χ0n) is 4.63. The zero-order valence-corrected chi connectivity index (χ0v) is 4.63. The Hall–Kier alpha value is -1.06. The van der Waals surface area contributed by atoms with E-state index in [0.29, 0.717) is 0 Å². The van der Waals surface area contributed by atoms with Gasteiger partial charge in [-0.15, -0.1) is 0 Å². The van der Waals surface area contributed by atoms with E-state index in [2.05, 4.69) is 4.98 Å². The van der Waals surface area contributed by atoms with Gasteiger partial charge in [0.05, 0.1) is 0 Å². The number of anilines is 1. The number of hydrogen-bond donors (Lipinski definition) is 1. The number of nitrogens with zero attached hydrogens (tertiary/aromatic N) is 1. The molecule has 9 heavy (non-hydrogen) atoms. The minimum Gasteiger partial charge on any atom is -0.381 e. The molecule has 0 fully saturated rings. The zero-order chi connectivity index (χ0) is 6.85. The summed E-state index contributed by atoms with van der Waals surface area (Å²) >= 11 is 0. The summed E-state index contributed by atoms with van der Waals surface area (Å²) in [6.07, 6.45) is 1.30. The van der Waals surface area contributed by atoms with Gasteiger partial charge in [-0.1, -0.05) is 5.46 Å². The second-order valence-corrected chi connectivity index (χ2v) is 1.64. The maximum Gasteiger partial charge on any atom is 0.164 e. The van der Waals surface area contributed by atoms with E-state index in [-0.39, 0.29) is 11.3 Å². The molecule has 0 aromatic carbocycles. The van der Waals surface area contributed by atoms with E-state index >= 15 is 0 Å². The van der Waals surface area contributed by atoms with Crippen LogP contribution in [0.1, 0.15) is 0 Å². The molecule has 0 spiro atoms. The van der Waals surface area contributed by atoms with Gasteiger partial charge in [0.1, 0.15) is 7.85 Å². The predicted molar refractivity (Wildman–Crippen MR) is 34.0 cm³/mol. The number of halogens is 1. The molecule has 44 valence electrons. The van der Waals surface area contributed by atoms with Crippen LogP contribution in [0.15, 0.2) is 12.3 Å². The molecule has 1 aromatic heterocycles. The minimum absolute atomic E-state index is 0.121. The number of rotatable bonds is 0. The lowest BCUT2D eigenvalue weighted by molar-refractivity contribution is 0.628. The molecular weight excluding hydrogens is 118 g/mol. The second kappa shape index (κ2) is 2.05. The van der Waals surface area contributed by atoms with Gasteiger partial charge in [-0.25, -0.2) is 9.37 Å². The first kappa shape index (κ1) is 6.07. The Morgan fingerprint density at radius 1 is 1.67 bits per heavy atom. The average molecular weight is 122 g/mol. The summed E-state index contributed by atoms with van der Waals surface area (Å²) in [5, 5.41) is 0. The van der Waals surface area contributed by atoms with Gasteiger partial charge >= 0.3 is 0 Å². The van der Waals surface area contributed by atoms with Crippen molar-refractivity contribution in [3.8, 4) is 0 Å². The van der Waals surface area contributed by atoms with Crippen molar-refractivity contribution in [3.63, 3.8) is 0 Å². The fourth-order valence-corrected chi connectivity index (χ4v) is 0.463. The standard InChI is InChI=1S/C5H4BFN2/c6-3-1-4(7)5(8)9-2-3/h1-2H,(H2,8,9). The largest absolute Gasteiger partial charge is 0.381 e. The molecule has 0 saturated heterocycles. The van der Waals surface area contributed by atoms with Crippen molar-refractivity contribution in [3.05, 3.63) is 18.1 Å². The summed E-state index contributed by atoms with van der Waals surface area (Å²) in [4.78, 5) is 3.46. The van der Waals surface area contributed by atoms with Gasteiger partial charge in [0.15, 0.2) is 11.6 Å². The van der Waals surface area contributed by atoms with E-state index in [1.807, 2.05) is 0 Å². The van der Waals surface area contributed by atoms with Gasteiger partial charge in [0.25, 0.3) is 0 Å². The number of aromatic nitrogens is 1. The maximum absolute atomic E-state index is 12.3. The maximum atomic E-state index is 12.3. The van der Waals surface area contributed by atoms with Gasteiger partial charge in [0.2, 0.25) is 0 Å². The Morgan fingerprint density at radius 2 is 2.33 bits per heavy atom. The lowest BCUT2D eigenvalue weighted by Crippen LogP contribution is -2.06. The smallest absolute Gasteiger partial charge is 0.164 e. The van der Waals surface area contributed by atoms with Crippen molar-refractivity contribution in [1.82, 2.24) is 4.98 Å². The molecule has 0 atom stereocenters. The van der Waals surface area contributed by atoms with Crippen LogP contribution in [0, 0.1) is 5.82 Å². The van der Waals surface area contributed by atoms with Crippen LogP contribution in [-0.4, -0.2) is 12.8 Å². The number of pyridine rings is 1. The van der Waals surface area contributed by atoms with E-state index < -0.39 is 5.82 Å². The summed E-state index contributed by atoms with van der Waals surface area (Å²) in [5.41, 5.74) is 5.33. The van der Waals surface area contributed by atoms with Gasteiger partial charge in [-0.3, -0.25) is 0 Å². The van der Waals surface area contributed by atoms with E-state index in [4.69, 9.17) is 13.6 Å². The second-order valence-electron chi connectivity index (χ2n) is 1.64. The predicted octanol–water partition coefficient (Wildman–Crippen LogP) is -0.403. The molecule has 0 bridgehead atoms. The highest BCUT2D eigenvalue weighted by Gasteiger charge is 1.95. The fourth-order valence-electron chi connectivity index (χ4n) is 0.463. The molecule has 0 aliphatic carbocycles. The summed E-state index contributed by atoms with van der Waals surface area (Å²) in [5.74, 6) is -0.695. The topological polar surface area (TPSA) is 38.9 Å². The molecular formula is C5H4BFN2. The molecule has 1 rings (SSSR count). The first-order chi connectivity index (χ1) is 4.20. The van der Waals surface area contributed by atoms with Crippen LogP contribution in [-0.2, 0) is 0 Å². The highest BCUT2D eigenvalue weighted by atomic mass is 19.1. The molecule has 2 nitrogen and oxygen atoms in total. The highest BCUT2D eigenvalue weighted by Crippen LogP contribution is 1.99. The molecule has 0 unspecified atom stereocenters. The fraction of sp³-hybridized carbons (Fsp3) is 0. The first-order valence-electron chi connectivity index (χ1n) is 2.36. The highest BCUT2D eigenvalue weighted by molar-refractivity contribution is 6.32. The lowest BCUT2D eigenvalue weighted by atomic mass is 9.99. The number of nitrogen functional groups attached to an aromatic ring is 1. The molecule has 2 radical (unpaired) electrons. The molecule has 4 heteroatoms. The van der Waals surface area contributed by atoms with Gasteiger partial charge < -0.3 is 5.73 Å². The average Bonchev–Trinajstić information content (AvgIpc) is 1.80. The molecule has 1 heterocycles. The van der Waals surface area contributed by atoms with Crippen molar-refractivity contribution < 1.29 is 4.39 Å². The molecule has 0 aliphatic rings. The summed E-state index contributed by atoms with van der Waals surface area (Å²) in [6, 6.07) is 1.13. The van der Waals surface area contributed by atoms with Crippen LogP contribution < -0.4 is 11.2 Å². The molecule has 0 amide bonds. The summed E-state index contributed by atoms with van der Waals surface area (Å²) < 4.78 is 12.3. The Labute approximate surface area is 53.3 Å². The van der Waals surface area contributed by atoms with Crippen molar-refractivity contribution in [2.45, 2.75) is 0 Å². The molecule has 2 N–H and O–H groups in total. The first-order valence-corrected chi connectivity index (χ1v) is 2.36. The van der Waals surface area contributed by atoms with E-state index in [9.17, 15) is 4.39 Å². The van der Waals surface area contributed by atoms with Gasteiger partial charge in [0, 0.05) is 6.20 Å². The van der Waals surface area contributed by atoms with Crippen molar-refractivity contribution in [2.24, 2.45) is 0 Å². The number of nitrogens with two attached hydrogens (primary N) is 1. The quantitative estimate of drug-likeness (QED) is 0.475. The third kappa shape index (κ3) is 1.19. The number of hydrogen-bond acceptors (Lipinski definition) is 2. The summed E-state index contributed by atoms with van der Waals surface area (Å²) in [7, 11) is 5.17. The Kier molecular flexibility index (Phi) is 1.38. The lowest BCUT2D eigenvalue weighted by Gasteiger charge is -1.94. The molecule has 0 aliphatic heterocycles. The van der Waals surface area contributed by atoms with Crippen LogP contribution in [0.4, 0.5) is 10.2 Å². The van der Waals surface area contributed by atoms with Crippen LogP contribution in [0.2, 0.25) is 0 Å². The Morgan fingerprint density at radius 3 is 2.78 bits per heavy atom. The van der Waals surface area contributed by atoms with Gasteiger partial charge in [-0.05, 0) is 6.07 Å². The van der Waals surface area contributed by atoms with E-state index in [0.717, 1.165) is 6.07 Å². The molecule has 1 aromatic rings. The monoisotopic (exact) mass is 122 g/mol. The van der Waals surface area contributed by atoms with Crippen LogP contribution in [0.3, 0.4) is 0 Å². The Bertz CT molecular complexity index is 226. The third-order valence-electron chi connectivity index (χ3n) is 0.891. The molecule has 0 saturated carbocycles. The third-order valence-corrected chi connectivity index (χ3v) is 0.891. The SMILES string of the molecule is [B]c1cnc(N)c(F)c1. The van der Waals surface area contributed by atoms with Crippen molar-refractivity contribution in [2.75, 3.05) is 5.73 Å². The summed E-state index contributed by atoms with van der Waals surface area (Å²) in [6.45, 7) is 0. The van der Waals surface area contributed by atoms with Crippen molar-refractivity contribution >= 4 is 19.1 Å².